The number of aryl methyl sites for hydroxylation is 1. The molecule has 1 amide bonds. The van der Waals surface area contributed by atoms with Crippen LogP contribution in [0.1, 0.15) is 15.9 Å². The molecular weight excluding hydrogens is 262 g/mol. The summed E-state index contributed by atoms with van der Waals surface area (Å²) >= 11 is 0. The van der Waals surface area contributed by atoms with Crippen molar-refractivity contribution in [1.82, 2.24) is 14.9 Å². The molecule has 1 aromatic carbocycles. The molecule has 4 heteroatoms. The van der Waals surface area contributed by atoms with Crippen LogP contribution in [0.25, 0.3) is 10.9 Å². The van der Waals surface area contributed by atoms with Crippen LogP contribution in [0.15, 0.2) is 55.0 Å². The van der Waals surface area contributed by atoms with Gasteiger partial charge in [-0.3, -0.25) is 9.78 Å². The van der Waals surface area contributed by atoms with Gasteiger partial charge < -0.3 is 9.88 Å². The summed E-state index contributed by atoms with van der Waals surface area (Å²) in [6, 6.07) is 11.7. The molecule has 0 radical (unpaired) electrons. The number of carbonyl (C=O) groups is 1. The van der Waals surface area contributed by atoms with E-state index in [9.17, 15) is 4.79 Å². The molecule has 3 aromatic rings. The second-order valence-electron chi connectivity index (χ2n) is 5.06. The summed E-state index contributed by atoms with van der Waals surface area (Å²) < 4.78 is 2.02. The second kappa shape index (κ2) is 5.79. The second-order valence-corrected chi connectivity index (χ2v) is 5.06. The fourth-order valence-electron chi connectivity index (χ4n) is 2.38. The highest BCUT2D eigenvalue weighted by atomic mass is 16.1. The molecule has 0 aliphatic rings. The van der Waals surface area contributed by atoms with E-state index in [0.717, 1.165) is 17.3 Å². The molecule has 4 nitrogen and oxygen atoms in total. The van der Waals surface area contributed by atoms with Crippen LogP contribution in [0.3, 0.4) is 0 Å². The maximum Gasteiger partial charge on any atom is 0.251 e. The minimum Gasteiger partial charge on any atom is -0.352 e. The number of rotatable bonds is 4. The Bertz CT molecular complexity index is 762. The SMILES string of the molecule is Cn1ccc2ccc(C(=O)NCCc3ccncc3)cc21. The third-order valence-corrected chi connectivity index (χ3v) is 3.60. The maximum atomic E-state index is 12.2. The van der Waals surface area contributed by atoms with Crippen LogP contribution in [0.2, 0.25) is 0 Å². The third kappa shape index (κ3) is 2.94. The quantitative estimate of drug-likeness (QED) is 0.798. The Labute approximate surface area is 123 Å². The highest BCUT2D eigenvalue weighted by Gasteiger charge is 2.07. The molecule has 0 aliphatic heterocycles. The number of benzene rings is 1. The van der Waals surface area contributed by atoms with Crippen LogP contribution in [0, 0.1) is 0 Å². The lowest BCUT2D eigenvalue weighted by atomic mass is 10.1. The van der Waals surface area contributed by atoms with E-state index in [1.54, 1.807) is 12.4 Å². The van der Waals surface area contributed by atoms with Gasteiger partial charge in [-0.15, -0.1) is 0 Å². The summed E-state index contributed by atoms with van der Waals surface area (Å²) in [5, 5.41) is 4.10. The topological polar surface area (TPSA) is 46.9 Å². The minimum atomic E-state index is -0.0350. The minimum absolute atomic E-state index is 0.0350. The first kappa shape index (κ1) is 13.4. The zero-order valence-corrected chi connectivity index (χ0v) is 11.9. The van der Waals surface area contributed by atoms with Crippen molar-refractivity contribution in [3.05, 3.63) is 66.1 Å². The van der Waals surface area contributed by atoms with Crippen molar-refractivity contribution in [2.45, 2.75) is 6.42 Å². The summed E-state index contributed by atoms with van der Waals surface area (Å²) in [5.41, 5.74) is 2.93. The Kier molecular flexibility index (Phi) is 3.69. The van der Waals surface area contributed by atoms with Crippen molar-refractivity contribution in [1.29, 1.82) is 0 Å². The van der Waals surface area contributed by atoms with Gasteiger partial charge >= 0.3 is 0 Å². The monoisotopic (exact) mass is 279 g/mol. The molecule has 21 heavy (non-hydrogen) atoms. The van der Waals surface area contributed by atoms with E-state index in [1.165, 1.54) is 5.56 Å². The Morgan fingerprint density at radius 2 is 2.00 bits per heavy atom. The first-order chi connectivity index (χ1) is 10.2. The summed E-state index contributed by atoms with van der Waals surface area (Å²) in [5.74, 6) is -0.0350. The number of hydrogen-bond donors (Lipinski definition) is 1. The van der Waals surface area contributed by atoms with Crippen LogP contribution < -0.4 is 5.32 Å². The lowest BCUT2D eigenvalue weighted by Gasteiger charge is -2.06. The van der Waals surface area contributed by atoms with Gasteiger partial charge in [0.15, 0.2) is 0 Å². The third-order valence-electron chi connectivity index (χ3n) is 3.60. The molecule has 0 saturated carbocycles. The number of carbonyl (C=O) groups excluding carboxylic acids is 1. The van der Waals surface area contributed by atoms with Gasteiger partial charge in [0.1, 0.15) is 0 Å². The molecule has 0 atom stereocenters. The van der Waals surface area contributed by atoms with Crippen molar-refractivity contribution >= 4 is 16.8 Å². The Morgan fingerprint density at radius 3 is 2.81 bits per heavy atom. The van der Waals surface area contributed by atoms with E-state index >= 15 is 0 Å². The molecule has 0 unspecified atom stereocenters. The molecule has 0 saturated heterocycles. The van der Waals surface area contributed by atoms with Crippen LogP contribution in [0.4, 0.5) is 0 Å². The van der Waals surface area contributed by atoms with E-state index in [4.69, 9.17) is 0 Å². The van der Waals surface area contributed by atoms with Gasteiger partial charge in [0, 0.05) is 43.3 Å². The van der Waals surface area contributed by atoms with E-state index in [0.29, 0.717) is 12.1 Å². The first-order valence-electron chi connectivity index (χ1n) is 6.96. The number of pyridine rings is 1. The highest BCUT2D eigenvalue weighted by Crippen LogP contribution is 2.16. The van der Waals surface area contributed by atoms with Gasteiger partial charge in [0.05, 0.1) is 0 Å². The smallest absolute Gasteiger partial charge is 0.251 e. The molecule has 1 N–H and O–H groups in total. The van der Waals surface area contributed by atoms with Gasteiger partial charge in [-0.05, 0) is 47.7 Å². The molecule has 0 bridgehead atoms. The van der Waals surface area contributed by atoms with E-state index in [-0.39, 0.29) is 5.91 Å². The van der Waals surface area contributed by atoms with Crippen LogP contribution in [-0.4, -0.2) is 22.0 Å². The van der Waals surface area contributed by atoms with E-state index in [2.05, 4.69) is 10.3 Å². The zero-order valence-electron chi connectivity index (χ0n) is 11.9. The number of aromatic nitrogens is 2. The van der Waals surface area contributed by atoms with Crippen LogP contribution in [-0.2, 0) is 13.5 Å². The number of amides is 1. The predicted molar refractivity (Wildman–Crippen MR) is 83.2 cm³/mol. The van der Waals surface area contributed by atoms with Crippen molar-refractivity contribution in [3.8, 4) is 0 Å². The predicted octanol–water partition coefficient (Wildman–Crippen LogP) is 2.55. The van der Waals surface area contributed by atoms with Crippen molar-refractivity contribution in [2.24, 2.45) is 7.05 Å². The van der Waals surface area contributed by atoms with Crippen molar-refractivity contribution < 1.29 is 4.79 Å². The molecule has 2 heterocycles. The highest BCUT2D eigenvalue weighted by molar-refractivity contribution is 5.98. The Balaban J connectivity index is 1.65. The number of hydrogen-bond acceptors (Lipinski definition) is 2. The van der Waals surface area contributed by atoms with Crippen LogP contribution >= 0.6 is 0 Å². The van der Waals surface area contributed by atoms with Crippen LogP contribution in [0.5, 0.6) is 0 Å². The largest absolute Gasteiger partial charge is 0.352 e. The summed E-state index contributed by atoms with van der Waals surface area (Å²) in [7, 11) is 1.98. The standard InChI is InChI=1S/C17H17N3O/c1-20-11-7-14-2-3-15(12-16(14)20)17(21)19-10-6-13-4-8-18-9-5-13/h2-5,7-9,11-12H,6,10H2,1H3,(H,19,21). The average molecular weight is 279 g/mol. The number of fused-ring (bicyclic) bond motifs is 1. The molecule has 0 aliphatic carbocycles. The average Bonchev–Trinajstić information content (AvgIpc) is 2.89. The van der Waals surface area contributed by atoms with E-state index < -0.39 is 0 Å². The zero-order chi connectivity index (χ0) is 14.7. The number of nitrogens with one attached hydrogen (secondary N) is 1. The first-order valence-corrected chi connectivity index (χ1v) is 6.96. The van der Waals surface area contributed by atoms with Crippen molar-refractivity contribution in [3.63, 3.8) is 0 Å². The molecule has 106 valence electrons. The van der Waals surface area contributed by atoms with Gasteiger partial charge in [0.25, 0.3) is 5.91 Å². The number of nitrogens with zero attached hydrogens (tertiary/aromatic N) is 2. The van der Waals surface area contributed by atoms with Gasteiger partial charge in [-0.25, -0.2) is 0 Å². The molecule has 0 spiro atoms. The summed E-state index contributed by atoms with van der Waals surface area (Å²) in [6.45, 7) is 0.619. The lowest BCUT2D eigenvalue weighted by molar-refractivity contribution is 0.0954. The fourth-order valence-corrected chi connectivity index (χ4v) is 2.38. The Hall–Kier alpha value is -2.62. The Morgan fingerprint density at radius 1 is 1.19 bits per heavy atom. The molecular formula is C17H17N3O. The maximum absolute atomic E-state index is 12.2. The summed E-state index contributed by atoms with van der Waals surface area (Å²) in [4.78, 5) is 16.2. The summed E-state index contributed by atoms with van der Waals surface area (Å²) in [6.07, 6.45) is 6.33. The molecule has 3 rings (SSSR count). The van der Waals surface area contributed by atoms with Gasteiger partial charge in [-0.1, -0.05) is 6.07 Å². The molecule has 2 aromatic heterocycles. The van der Waals surface area contributed by atoms with Gasteiger partial charge in [-0.2, -0.15) is 0 Å². The van der Waals surface area contributed by atoms with Gasteiger partial charge in [0.2, 0.25) is 0 Å². The van der Waals surface area contributed by atoms with Crippen molar-refractivity contribution in [2.75, 3.05) is 6.54 Å². The van der Waals surface area contributed by atoms with E-state index in [1.807, 2.05) is 54.2 Å². The normalized spacial score (nSPS) is 10.7. The molecule has 0 fully saturated rings. The fraction of sp³-hybridized carbons (Fsp3) is 0.176. The lowest BCUT2D eigenvalue weighted by Crippen LogP contribution is -2.25.